The Labute approximate surface area is 290 Å². The summed E-state index contributed by atoms with van der Waals surface area (Å²) < 4.78 is 42.0. The Morgan fingerprint density at radius 2 is 1.69 bits per heavy atom. The van der Waals surface area contributed by atoms with E-state index in [1.54, 1.807) is 25.1 Å². The Morgan fingerprint density at radius 3 is 2.10 bits per heavy atom. The van der Waals surface area contributed by atoms with Gasteiger partial charge in [-0.05, 0) is 81.6 Å². The van der Waals surface area contributed by atoms with Gasteiger partial charge < -0.3 is 25.0 Å². The molecule has 2 atom stereocenters. The van der Waals surface area contributed by atoms with E-state index < -0.39 is 18.4 Å². The van der Waals surface area contributed by atoms with Gasteiger partial charge in [-0.2, -0.15) is 0 Å². The van der Waals surface area contributed by atoms with Crippen LogP contribution >= 0.6 is 11.8 Å². The minimum Gasteiger partial charge on any atom is -0.467 e. The van der Waals surface area contributed by atoms with Crippen LogP contribution in [0.3, 0.4) is 0 Å². The molecule has 2 aliphatic heterocycles. The fourth-order valence-corrected chi connectivity index (χ4v) is 5.77. The van der Waals surface area contributed by atoms with E-state index >= 15 is 0 Å². The molecule has 0 aliphatic carbocycles. The summed E-state index contributed by atoms with van der Waals surface area (Å²) in [5.74, 6) is 0.284. The molecule has 0 aromatic heterocycles. The average Bonchev–Trinajstić information content (AvgIpc) is 3.78. The number of benzene rings is 1. The minimum atomic E-state index is -2.77. The number of hydrogen-bond acceptors (Lipinski definition) is 8. The molecule has 0 radical (unpaired) electrons. The molecule has 0 saturated carbocycles. The van der Waals surface area contributed by atoms with Crippen LogP contribution in [0.4, 0.5) is 13.2 Å². The normalized spacial score (nSPS) is 16.0. The smallest absolute Gasteiger partial charge is 0.328 e. The van der Waals surface area contributed by atoms with Gasteiger partial charge in [0.15, 0.2) is 0 Å². The number of alkyl halides is 3. The van der Waals surface area contributed by atoms with Crippen molar-refractivity contribution < 1.29 is 37.1 Å². The van der Waals surface area contributed by atoms with Gasteiger partial charge in [0.1, 0.15) is 19.6 Å². The van der Waals surface area contributed by atoms with Crippen molar-refractivity contribution in [1.82, 2.24) is 9.80 Å². The van der Waals surface area contributed by atoms with E-state index in [1.807, 2.05) is 32.3 Å². The van der Waals surface area contributed by atoms with Gasteiger partial charge in [-0.3, -0.25) is 14.1 Å². The van der Waals surface area contributed by atoms with Gasteiger partial charge in [-0.25, -0.2) is 13.6 Å². The average molecular weight is 698 g/mol. The van der Waals surface area contributed by atoms with E-state index in [-0.39, 0.29) is 35.1 Å². The number of carbonyl (C=O) groups is 4. The summed E-state index contributed by atoms with van der Waals surface area (Å²) in [6.07, 6.45) is 15.0. The highest BCUT2D eigenvalue weighted by atomic mass is 32.2. The molecule has 1 aromatic carbocycles. The van der Waals surface area contributed by atoms with Crippen LogP contribution in [0, 0.1) is 18.8 Å². The van der Waals surface area contributed by atoms with Crippen LogP contribution in [0.2, 0.25) is 0 Å². The fraction of sp³-hybridized carbons (Fsp3) is 0.500. The molecule has 8 nitrogen and oxygen atoms in total. The van der Waals surface area contributed by atoms with Crippen molar-refractivity contribution in [3.8, 4) is 12.8 Å². The minimum absolute atomic E-state index is 0.0591. The number of ether oxygens (including phenoxy) is 1. The predicted octanol–water partition coefficient (Wildman–Crippen LogP) is 7.09. The molecule has 0 spiro atoms. The van der Waals surface area contributed by atoms with Crippen LogP contribution in [0.1, 0.15) is 82.1 Å². The lowest BCUT2D eigenvalue weighted by atomic mass is 9.92. The molecule has 2 fully saturated rings. The maximum absolute atomic E-state index is 13.8. The number of hydrogen-bond donors (Lipinski definition) is 1. The summed E-state index contributed by atoms with van der Waals surface area (Å²) in [6, 6.07) is 1.95. The highest BCUT2D eigenvalue weighted by molar-refractivity contribution is 8.02. The van der Waals surface area contributed by atoms with Crippen molar-refractivity contribution >= 4 is 49.0 Å². The number of esters is 1. The van der Waals surface area contributed by atoms with Crippen LogP contribution in [-0.4, -0.2) is 81.1 Å². The van der Waals surface area contributed by atoms with E-state index in [4.69, 9.17) is 20.1 Å². The standard InChI is InChI=1S/C22H28F2N2O3.C9H17NS.C2H2.CH3F.2CH2O/c1-5-7-15-10-16(18(20(23)24)12-17(15)13(3)25)11-19(22(28)29-4)26-9-8-14(6-2)21(26)27;1-3-9(2)11-8-10-6-4-5-7-10;4*1-2/h5,7,10,12,14,19-20H,3,6,8-9,11,25H2,1-2,4H3;3H,4-8H2,1-2H3;1-2H;1H3;2*1H2/b7-5-;9-3-;;;;. The molecule has 2 N–H and O–H groups in total. The molecule has 0 bridgehead atoms. The van der Waals surface area contributed by atoms with E-state index in [9.17, 15) is 22.8 Å². The highest BCUT2D eigenvalue weighted by Gasteiger charge is 2.39. The van der Waals surface area contributed by atoms with Crippen molar-refractivity contribution in [2.45, 2.75) is 72.3 Å². The Kier molecular flexibility index (Phi) is 29.7. The molecular formula is C36H54F3N3O5S. The summed E-state index contributed by atoms with van der Waals surface area (Å²) in [5, 5.41) is 0. The molecule has 270 valence electrons. The number of nitrogens with two attached hydrogens (primary N) is 1. The quantitative estimate of drug-likeness (QED) is 0.193. The highest BCUT2D eigenvalue weighted by Crippen LogP contribution is 2.32. The van der Waals surface area contributed by atoms with Crippen molar-refractivity contribution in [2.24, 2.45) is 11.7 Å². The zero-order chi connectivity index (χ0) is 37.8. The summed E-state index contributed by atoms with van der Waals surface area (Å²) in [7, 11) is 1.73. The van der Waals surface area contributed by atoms with E-state index in [0.29, 0.717) is 37.7 Å². The van der Waals surface area contributed by atoms with Crippen LogP contribution < -0.4 is 5.73 Å². The number of likely N-dealkylation sites (tertiary alicyclic amines) is 2. The van der Waals surface area contributed by atoms with Gasteiger partial charge in [-0.15, -0.1) is 24.6 Å². The molecule has 12 heteroatoms. The largest absolute Gasteiger partial charge is 0.467 e. The maximum Gasteiger partial charge on any atom is 0.328 e. The zero-order valence-electron chi connectivity index (χ0n) is 29.3. The van der Waals surface area contributed by atoms with E-state index in [1.165, 1.54) is 54.8 Å². The Bertz CT molecular complexity index is 1170. The third kappa shape index (κ3) is 16.3. The first-order valence-corrected chi connectivity index (χ1v) is 16.2. The predicted molar refractivity (Wildman–Crippen MR) is 193 cm³/mol. The summed E-state index contributed by atoms with van der Waals surface area (Å²) in [5.41, 5.74) is 7.05. The molecule has 2 heterocycles. The lowest BCUT2D eigenvalue weighted by Crippen LogP contribution is -2.45. The topological polar surface area (TPSA) is 110 Å². The van der Waals surface area contributed by atoms with Gasteiger partial charge in [0, 0.05) is 41.6 Å². The summed E-state index contributed by atoms with van der Waals surface area (Å²) in [6.45, 7) is 18.7. The number of carbonyl (C=O) groups excluding carboxylic acids is 4. The molecule has 3 rings (SSSR count). The second-order valence-electron chi connectivity index (χ2n) is 10.1. The Morgan fingerprint density at radius 1 is 1.12 bits per heavy atom. The lowest BCUT2D eigenvalue weighted by molar-refractivity contribution is -0.151. The van der Waals surface area contributed by atoms with E-state index in [0.717, 1.165) is 0 Å². The Balaban J connectivity index is -0.000000883. The molecule has 48 heavy (non-hydrogen) atoms. The number of nitrogens with zero attached hydrogens (tertiary/aromatic N) is 2. The molecular weight excluding hydrogens is 643 g/mol. The third-order valence-corrected chi connectivity index (χ3v) is 8.61. The summed E-state index contributed by atoms with van der Waals surface area (Å²) in [4.78, 5) is 46.5. The fourth-order valence-electron chi connectivity index (χ4n) is 4.96. The number of allylic oxidation sites excluding steroid dienone is 3. The zero-order valence-corrected chi connectivity index (χ0v) is 30.1. The summed E-state index contributed by atoms with van der Waals surface area (Å²) >= 11 is 1.96. The lowest BCUT2D eigenvalue weighted by Gasteiger charge is -2.27. The van der Waals surface area contributed by atoms with Crippen molar-refractivity contribution in [2.75, 3.05) is 39.8 Å². The number of thioether (sulfide) groups is 1. The van der Waals surface area contributed by atoms with Gasteiger partial charge in [0.2, 0.25) is 5.91 Å². The molecule has 2 unspecified atom stereocenters. The van der Waals surface area contributed by atoms with Crippen LogP contribution in [-0.2, 0) is 30.3 Å². The van der Waals surface area contributed by atoms with Crippen molar-refractivity contribution in [1.29, 1.82) is 0 Å². The number of methoxy groups -OCH3 is 1. The van der Waals surface area contributed by atoms with Crippen molar-refractivity contribution in [3.05, 3.63) is 58.0 Å². The number of terminal acetylenes is 1. The number of halogens is 3. The van der Waals surface area contributed by atoms with Gasteiger partial charge in [0.25, 0.3) is 6.43 Å². The maximum atomic E-state index is 13.8. The first-order chi connectivity index (χ1) is 23.1. The number of amides is 1. The van der Waals surface area contributed by atoms with E-state index in [2.05, 4.69) is 44.2 Å². The van der Waals surface area contributed by atoms with Gasteiger partial charge in [0.05, 0.1) is 14.3 Å². The van der Waals surface area contributed by atoms with Gasteiger partial charge in [-0.1, -0.05) is 37.8 Å². The Hall–Kier alpha value is -3.82. The monoisotopic (exact) mass is 697 g/mol. The van der Waals surface area contributed by atoms with Crippen LogP contribution in [0.15, 0.2) is 35.8 Å². The number of rotatable bonds is 11. The molecule has 2 aliphatic rings. The van der Waals surface area contributed by atoms with Gasteiger partial charge >= 0.3 is 5.97 Å². The molecule has 1 aromatic rings. The SMILES string of the molecule is C#C.C/C=C(/C)SCN1CCCC1.C=C(N)c1cc(C(F)F)c(CC(C(=O)OC)N2CCC(CC)C2=O)cc1/C=C\C.C=O.C=O.CF. The second kappa shape index (κ2) is 29.3. The molecule has 2 saturated heterocycles. The third-order valence-electron chi connectivity index (χ3n) is 7.42. The molecule has 1 amide bonds. The van der Waals surface area contributed by atoms with Crippen LogP contribution in [0.25, 0.3) is 11.8 Å². The first kappa shape index (κ1) is 48.6. The van der Waals surface area contributed by atoms with Crippen molar-refractivity contribution in [3.63, 3.8) is 0 Å². The second-order valence-corrected chi connectivity index (χ2v) is 11.3. The first-order valence-electron chi connectivity index (χ1n) is 15.2. The van der Waals surface area contributed by atoms with Crippen LogP contribution in [0.5, 0.6) is 0 Å².